The lowest BCUT2D eigenvalue weighted by atomic mass is 10.1. The lowest BCUT2D eigenvalue weighted by Gasteiger charge is -2.25. The molecule has 5 rings (SSSR count). The van der Waals surface area contributed by atoms with Crippen LogP contribution in [0.4, 0.5) is 5.69 Å². The van der Waals surface area contributed by atoms with Gasteiger partial charge < -0.3 is 15.0 Å². The zero-order valence-corrected chi connectivity index (χ0v) is 24.9. The van der Waals surface area contributed by atoms with Crippen molar-refractivity contribution in [1.82, 2.24) is 15.3 Å². The number of amides is 2. The Hall–Kier alpha value is -3.37. The maximum absolute atomic E-state index is 13.6. The van der Waals surface area contributed by atoms with Crippen LogP contribution in [0.2, 0.25) is 10.0 Å². The van der Waals surface area contributed by atoms with Gasteiger partial charge in [-0.05, 0) is 43.3 Å². The number of rotatable bonds is 8. The highest BCUT2D eigenvalue weighted by Gasteiger charge is 2.28. The third-order valence-electron chi connectivity index (χ3n) is 6.10. The Morgan fingerprint density at radius 1 is 1.05 bits per heavy atom. The van der Waals surface area contributed by atoms with E-state index < -0.39 is 5.37 Å². The molecular weight excluding hydrogens is 587 g/mol. The van der Waals surface area contributed by atoms with Crippen LogP contribution in [0.15, 0.2) is 71.1 Å². The number of fused-ring (bicyclic) bond motifs is 2. The number of thioether (sulfide) groups is 1. The number of para-hydroxylation sites is 2. The summed E-state index contributed by atoms with van der Waals surface area (Å²) in [6.07, 6.45) is 0. The van der Waals surface area contributed by atoms with Gasteiger partial charge in [-0.1, -0.05) is 65.3 Å². The van der Waals surface area contributed by atoms with Crippen molar-refractivity contribution in [3.05, 3.63) is 88.0 Å². The summed E-state index contributed by atoms with van der Waals surface area (Å²) in [5, 5.41) is 3.45. The molecule has 0 aliphatic heterocycles. The summed E-state index contributed by atoms with van der Waals surface area (Å²) in [5.74, 6) is -0.110. The number of halogens is 2. The van der Waals surface area contributed by atoms with Crippen LogP contribution in [-0.4, -0.2) is 34.2 Å². The minimum atomic E-state index is -0.917. The second-order valence-corrected chi connectivity index (χ2v) is 12.1. The largest absolute Gasteiger partial charge is 0.487 e. The second kappa shape index (κ2) is 12.0. The highest BCUT2D eigenvalue weighted by Crippen LogP contribution is 2.37. The number of nitrogens with zero attached hydrogens (tertiary/aromatic N) is 3. The number of carbonyl (C=O) groups is 2. The van der Waals surface area contributed by atoms with Crippen molar-refractivity contribution >= 4 is 84.9 Å². The topological polar surface area (TPSA) is 84.4 Å². The first-order chi connectivity index (χ1) is 19.2. The van der Waals surface area contributed by atoms with Gasteiger partial charge in [-0.15, -0.1) is 11.3 Å². The summed E-state index contributed by atoms with van der Waals surface area (Å²) in [4.78, 5) is 36.3. The molecule has 2 amide bonds. The van der Waals surface area contributed by atoms with Crippen LogP contribution in [0, 0.1) is 6.92 Å². The van der Waals surface area contributed by atoms with Gasteiger partial charge in [0.2, 0.25) is 5.91 Å². The fourth-order valence-electron chi connectivity index (χ4n) is 4.08. The molecule has 3 aromatic carbocycles. The van der Waals surface area contributed by atoms with Gasteiger partial charge in [0.25, 0.3) is 5.91 Å². The smallest absolute Gasteiger partial charge is 0.260 e. The molecular formula is C29H24Cl2N4O3S2. The third kappa shape index (κ3) is 6.02. The highest BCUT2D eigenvalue weighted by molar-refractivity contribution is 8.02. The minimum Gasteiger partial charge on any atom is -0.487 e. The number of likely N-dealkylation sites (N-methyl/N-ethyl adjacent to an activating group) is 1. The molecule has 0 saturated heterocycles. The van der Waals surface area contributed by atoms with Gasteiger partial charge in [0.05, 0.1) is 20.9 Å². The van der Waals surface area contributed by atoms with Gasteiger partial charge >= 0.3 is 0 Å². The van der Waals surface area contributed by atoms with Crippen LogP contribution in [0.1, 0.15) is 18.2 Å². The molecule has 0 fully saturated rings. The number of anilines is 1. The van der Waals surface area contributed by atoms with Crippen molar-refractivity contribution in [3.63, 3.8) is 0 Å². The highest BCUT2D eigenvalue weighted by atomic mass is 35.5. The molecule has 0 radical (unpaired) electrons. The number of pyridine rings is 1. The summed E-state index contributed by atoms with van der Waals surface area (Å²) >= 11 is 16.0. The number of carbonyl (C=O) groups excluding carboxylic acids is 2. The van der Waals surface area contributed by atoms with Gasteiger partial charge in [-0.25, -0.2) is 9.97 Å². The van der Waals surface area contributed by atoms with Gasteiger partial charge in [0.1, 0.15) is 17.9 Å². The van der Waals surface area contributed by atoms with Crippen molar-refractivity contribution in [3.8, 4) is 5.75 Å². The van der Waals surface area contributed by atoms with E-state index in [0.717, 1.165) is 26.8 Å². The Bertz CT molecular complexity index is 1710. The number of hydrogen-bond acceptors (Lipinski definition) is 7. The maximum Gasteiger partial charge on any atom is 0.260 e. The molecule has 1 unspecified atom stereocenters. The molecule has 40 heavy (non-hydrogen) atoms. The van der Waals surface area contributed by atoms with Gasteiger partial charge in [-0.2, -0.15) is 0 Å². The minimum absolute atomic E-state index is 0.0673. The quantitative estimate of drug-likeness (QED) is 0.147. The fourth-order valence-corrected chi connectivity index (χ4v) is 6.97. The number of thiazole rings is 1. The maximum atomic E-state index is 13.6. The number of aromatic nitrogens is 2. The molecule has 11 heteroatoms. The van der Waals surface area contributed by atoms with Crippen molar-refractivity contribution in [2.24, 2.45) is 0 Å². The molecule has 7 nitrogen and oxygen atoms in total. The molecule has 0 bridgehead atoms. The molecule has 1 atom stereocenters. The summed E-state index contributed by atoms with van der Waals surface area (Å²) in [7, 11) is 1.60. The van der Waals surface area contributed by atoms with Gasteiger partial charge in [0.15, 0.2) is 9.71 Å². The number of benzene rings is 3. The summed E-state index contributed by atoms with van der Waals surface area (Å²) in [6.45, 7) is 3.36. The monoisotopic (exact) mass is 610 g/mol. The zero-order valence-electron chi connectivity index (χ0n) is 21.8. The van der Waals surface area contributed by atoms with E-state index >= 15 is 0 Å². The van der Waals surface area contributed by atoms with E-state index in [0.29, 0.717) is 26.4 Å². The standard InChI is InChI=1S/C29H24Cl2N4O3S2/c1-16-11-12-18-7-6-9-23(26(18)32-16)38-15-19-20(30)13-14-22(25(19)31)35(3)28(37)27(33-17(2)36)40-29-34-21-8-4-5-10-24(21)39-29/h4-14,27H,15H2,1-3H3,(H,33,36). The molecule has 0 saturated carbocycles. The number of ether oxygens (including phenoxy) is 1. The van der Waals surface area contributed by atoms with Crippen LogP contribution in [0.5, 0.6) is 5.75 Å². The molecule has 2 aromatic heterocycles. The first-order valence-electron chi connectivity index (χ1n) is 12.2. The summed E-state index contributed by atoms with van der Waals surface area (Å²) < 4.78 is 7.78. The number of hydrogen-bond donors (Lipinski definition) is 1. The molecule has 0 spiro atoms. The molecule has 0 aliphatic rings. The Morgan fingerprint density at radius 2 is 1.85 bits per heavy atom. The molecule has 204 valence electrons. The van der Waals surface area contributed by atoms with Gasteiger partial charge in [-0.3, -0.25) is 9.59 Å². The average Bonchev–Trinajstić information content (AvgIpc) is 3.34. The van der Waals surface area contributed by atoms with Crippen molar-refractivity contribution in [1.29, 1.82) is 0 Å². The SMILES string of the molecule is CC(=O)NC(Sc1nc2ccccc2s1)C(=O)N(C)c1ccc(Cl)c(COc2cccc3ccc(C)nc23)c1Cl. The lowest BCUT2D eigenvalue weighted by Crippen LogP contribution is -2.45. The first kappa shape index (κ1) is 28.2. The van der Waals surface area contributed by atoms with Gasteiger partial charge in [0, 0.05) is 35.6 Å². The Kier molecular flexibility index (Phi) is 8.46. The predicted molar refractivity (Wildman–Crippen MR) is 164 cm³/mol. The average molecular weight is 612 g/mol. The van der Waals surface area contributed by atoms with E-state index in [-0.39, 0.29) is 23.4 Å². The third-order valence-corrected chi connectivity index (χ3v) is 9.10. The van der Waals surface area contributed by atoms with Crippen LogP contribution >= 0.6 is 46.3 Å². The van der Waals surface area contributed by atoms with Crippen LogP contribution < -0.4 is 15.0 Å². The predicted octanol–water partition coefficient (Wildman–Crippen LogP) is 7.26. The first-order valence-corrected chi connectivity index (χ1v) is 14.7. The lowest BCUT2D eigenvalue weighted by molar-refractivity contribution is -0.124. The van der Waals surface area contributed by atoms with Crippen molar-refractivity contribution in [2.45, 2.75) is 30.2 Å². The Balaban J connectivity index is 1.39. The van der Waals surface area contributed by atoms with E-state index in [2.05, 4.69) is 15.3 Å². The van der Waals surface area contributed by atoms with Crippen LogP contribution in [0.3, 0.4) is 0 Å². The molecule has 0 aliphatic carbocycles. The van der Waals surface area contributed by atoms with Crippen molar-refractivity contribution < 1.29 is 14.3 Å². The normalized spacial score (nSPS) is 11.9. The molecule has 2 heterocycles. The molecule has 5 aromatic rings. The zero-order chi connectivity index (χ0) is 28.4. The number of nitrogens with one attached hydrogen (secondary N) is 1. The van der Waals surface area contributed by atoms with E-state index in [1.54, 1.807) is 19.2 Å². The summed E-state index contributed by atoms with van der Waals surface area (Å²) in [6, 6.07) is 20.7. The van der Waals surface area contributed by atoms with Crippen LogP contribution in [-0.2, 0) is 16.2 Å². The fraction of sp³-hybridized carbons (Fsp3) is 0.172. The molecule has 1 N–H and O–H groups in total. The van der Waals surface area contributed by atoms with Crippen molar-refractivity contribution in [2.75, 3.05) is 11.9 Å². The number of aryl methyl sites for hydroxylation is 1. The van der Waals surface area contributed by atoms with Crippen LogP contribution in [0.25, 0.3) is 21.1 Å². The Labute approximate surface area is 249 Å². The second-order valence-electron chi connectivity index (χ2n) is 8.97. The van der Waals surface area contributed by atoms with E-state index in [9.17, 15) is 9.59 Å². The Morgan fingerprint density at radius 3 is 2.62 bits per heavy atom. The van der Waals surface area contributed by atoms with E-state index in [1.807, 2.05) is 61.5 Å². The van der Waals surface area contributed by atoms with E-state index in [1.165, 1.54) is 34.9 Å². The van der Waals surface area contributed by atoms with E-state index in [4.69, 9.17) is 27.9 Å². The summed E-state index contributed by atoms with van der Waals surface area (Å²) in [5.41, 5.74) is 3.41.